The van der Waals surface area contributed by atoms with Gasteiger partial charge < -0.3 is 14.5 Å². The van der Waals surface area contributed by atoms with Crippen molar-refractivity contribution in [3.63, 3.8) is 0 Å². The molecular formula is C15H19F3N2O3. The first-order valence-electron chi connectivity index (χ1n) is 7.24. The summed E-state index contributed by atoms with van der Waals surface area (Å²) in [5.74, 6) is -1.14. The number of halogens is 3. The maximum Gasteiger partial charge on any atom is 0.573 e. The Bertz CT molecular complexity index is 549. The number of hydrogen-bond acceptors (Lipinski definition) is 5. The summed E-state index contributed by atoms with van der Waals surface area (Å²) >= 11 is 0. The minimum Gasteiger partial charge on any atom is -0.406 e. The Morgan fingerprint density at radius 3 is 2.78 bits per heavy atom. The number of likely N-dealkylation sites (N-methyl/N-ethyl adjacent to an activating group) is 1. The van der Waals surface area contributed by atoms with Crippen molar-refractivity contribution in [1.82, 2.24) is 9.96 Å². The van der Waals surface area contributed by atoms with E-state index in [1.165, 1.54) is 12.1 Å². The van der Waals surface area contributed by atoms with Gasteiger partial charge in [-0.2, -0.15) is 0 Å². The number of carbonyl (C=O) groups is 1. The van der Waals surface area contributed by atoms with E-state index >= 15 is 0 Å². The smallest absolute Gasteiger partial charge is 0.406 e. The Morgan fingerprint density at radius 2 is 2.13 bits per heavy atom. The van der Waals surface area contributed by atoms with Crippen LogP contribution in [0, 0.1) is 0 Å². The number of nitrogens with zero attached hydrogens (tertiary/aromatic N) is 2. The maximum absolute atomic E-state index is 12.2. The molecule has 0 spiro atoms. The molecule has 128 valence electrons. The van der Waals surface area contributed by atoms with Crippen molar-refractivity contribution in [3.05, 3.63) is 29.8 Å². The second-order valence-corrected chi connectivity index (χ2v) is 5.65. The van der Waals surface area contributed by atoms with Crippen LogP contribution in [-0.2, 0) is 4.84 Å². The Labute approximate surface area is 132 Å². The highest BCUT2D eigenvalue weighted by atomic mass is 19.4. The second kappa shape index (κ2) is 7.18. The Morgan fingerprint density at radius 1 is 1.39 bits per heavy atom. The first-order valence-corrected chi connectivity index (χ1v) is 7.24. The van der Waals surface area contributed by atoms with Gasteiger partial charge in [0.05, 0.1) is 11.6 Å². The van der Waals surface area contributed by atoms with Gasteiger partial charge in [-0.3, -0.25) is 0 Å². The van der Waals surface area contributed by atoms with Crippen LogP contribution in [0.3, 0.4) is 0 Å². The van der Waals surface area contributed by atoms with Crippen molar-refractivity contribution >= 4 is 5.97 Å². The minimum atomic E-state index is -4.80. The third kappa shape index (κ3) is 5.40. The van der Waals surface area contributed by atoms with Crippen molar-refractivity contribution in [2.75, 3.05) is 27.2 Å². The van der Waals surface area contributed by atoms with Crippen LogP contribution >= 0.6 is 0 Å². The predicted octanol–water partition coefficient (Wildman–Crippen LogP) is 2.68. The SMILES string of the molecule is CN(C)CC1CCCN1OC(=O)c1cccc(OC(F)(F)F)c1. The van der Waals surface area contributed by atoms with Crippen LogP contribution in [-0.4, -0.2) is 55.5 Å². The van der Waals surface area contributed by atoms with Crippen LogP contribution in [0.4, 0.5) is 13.2 Å². The molecule has 1 aliphatic heterocycles. The van der Waals surface area contributed by atoms with E-state index in [4.69, 9.17) is 4.84 Å². The summed E-state index contributed by atoms with van der Waals surface area (Å²) in [6.45, 7) is 1.35. The fourth-order valence-corrected chi connectivity index (χ4v) is 2.51. The molecule has 1 atom stereocenters. The average molecular weight is 332 g/mol. The molecule has 0 bridgehead atoms. The monoisotopic (exact) mass is 332 g/mol. The van der Waals surface area contributed by atoms with Crippen molar-refractivity contribution in [2.24, 2.45) is 0 Å². The molecule has 0 N–H and O–H groups in total. The van der Waals surface area contributed by atoms with Crippen LogP contribution in [0.25, 0.3) is 0 Å². The van der Waals surface area contributed by atoms with Gasteiger partial charge in [0.1, 0.15) is 5.75 Å². The molecule has 0 radical (unpaired) electrons. The van der Waals surface area contributed by atoms with E-state index in [1.54, 1.807) is 5.06 Å². The molecule has 1 aromatic carbocycles. The van der Waals surface area contributed by atoms with E-state index in [1.807, 2.05) is 19.0 Å². The summed E-state index contributed by atoms with van der Waals surface area (Å²) in [7, 11) is 3.85. The summed E-state index contributed by atoms with van der Waals surface area (Å²) in [4.78, 5) is 19.5. The molecule has 1 fully saturated rings. The molecule has 0 saturated carbocycles. The van der Waals surface area contributed by atoms with E-state index < -0.39 is 18.1 Å². The maximum atomic E-state index is 12.2. The lowest BCUT2D eigenvalue weighted by Gasteiger charge is -2.25. The lowest BCUT2D eigenvalue weighted by Crippen LogP contribution is -2.38. The molecular weight excluding hydrogens is 313 g/mol. The molecule has 1 heterocycles. The fraction of sp³-hybridized carbons (Fsp3) is 0.533. The Kier molecular flexibility index (Phi) is 5.48. The third-order valence-electron chi connectivity index (χ3n) is 3.40. The van der Waals surface area contributed by atoms with Crippen LogP contribution < -0.4 is 4.74 Å². The highest BCUT2D eigenvalue weighted by molar-refractivity contribution is 5.89. The molecule has 2 rings (SSSR count). The number of ether oxygens (including phenoxy) is 1. The molecule has 1 unspecified atom stereocenters. The first-order chi connectivity index (χ1) is 10.7. The molecule has 0 aromatic heterocycles. The lowest BCUT2D eigenvalue weighted by atomic mass is 10.2. The molecule has 1 aromatic rings. The highest BCUT2D eigenvalue weighted by Gasteiger charge is 2.32. The van der Waals surface area contributed by atoms with Crippen LogP contribution in [0.15, 0.2) is 24.3 Å². The zero-order valence-electron chi connectivity index (χ0n) is 13.0. The average Bonchev–Trinajstić information content (AvgIpc) is 2.83. The van der Waals surface area contributed by atoms with Crippen molar-refractivity contribution in [2.45, 2.75) is 25.2 Å². The first kappa shape index (κ1) is 17.6. The summed E-state index contributed by atoms with van der Waals surface area (Å²) < 4.78 is 40.5. The topological polar surface area (TPSA) is 42.0 Å². The summed E-state index contributed by atoms with van der Waals surface area (Å²) in [6, 6.07) is 4.95. The number of rotatable bonds is 5. The van der Waals surface area contributed by atoms with Gasteiger partial charge in [-0.25, -0.2) is 4.79 Å². The molecule has 5 nitrogen and oxygen atoms in total. The fourth-order valence-electron chi connectivity index (χ4n) is 2.51. The number of alkyl halides is 3. The number of benzene rings is 1. The quantitative estimate of drug-likeness (QED) is 0.829. The molecule has 23 heavy (non-hydrogen) atoms. The van der Waals surface area contributed by atoms with Crippen molar-refractivity contribution in [1.29, 1.82) is 0 Å². The zero-order chi connectivity index (χ0) is 17.0. The van der Waals surface area contributed by atoms with Crippen molar-refractivity contribution < 1.29 is 27.5 Å². The van der Waals surface area contributed by atoms with Gasteiger partial charge in [0.25, 0.3) is 0 Å². The standard InChI is InChI=1S/C15H19F3N2O3/c1-19(2)10-12-6-4-8-20(12)23-14(21)11-5-3-7-13(9-11)22-15(16,17)18/h3,5,7,9,12H,4,6,8,10H2,1-2H3. The number of hydroxylamine groups is 2. The molecule has 0 aliphatic carbocycles. The van der Waals surface area contributed by atoms with Gasteiger partial charge in [0, 0.05) is 13.1 Å². The molecule has 1 saturated heterocycles. The largest absolute Gasteiger partial charge is 0.573 e. The molecule has 0 amide bonds. The second-order valence-electron chi connectivity index (χ2n) is 5.65. The predicted molar refractivity (Wildman–Crippen MR) is 76.8 cm³/mol. The highest BCUT2D eigenvalue weighted by Crippen LogP contribution is 2.24. The minimum absolute atomic E-state index is 0.0160. The van der Waals surface area contributed by atoms with Gasteiger partial charge in [0.2, 0.25) is 0 Å². The third-order valence-corrected chi connectivity index (χ3v) is 3.40. The van der Waals surface area contributed by atoms with Crippen LogP contribution in [0.2, 0.25) is 0 Å². The van der Waals surface area contributed by atoms with Gasteiger partial charge >= 0.3 is 12.3 Å². The summed E-state index contributed by atoms with van der Waals surface area (Å²) in [6.07, 6.45) is -2.99. The van der Waals surface area contributed by atoms with Gasteiger partial charge in [-0.1, -0.05) is 6.07 Å². The summed E-state index contributed by atoms with van der Waals surface area (Å²) in [5, 5.41) is 1.60. The number of hydrogen-bond donors (Lipinski definition) is 0. The number of carbonyl (C=O) groups excluding carboxylic acids is 1. The van der Waals surface area contributed by atoms with Crippen LogP contribution in [0.5, 0.6) is 5.75 Å². The van der Waals surface area contributed by atoms with E-state index in [-0.39, 0.29) is 11.6 Å². The van der Waals surface area contributed by atoms with Crippen LogP contribution in [0.1, 0.15) is 23.2 Å². The van der Waals surface area contributed by atoms with E-state index in [0.717, 1.165) is 31.5 Å². The van der Waals surface area contributed by atoms with E-state index in [2.05, 4.69) is 4.74 Å². The van der Waals surface area contributed by atoms with Gasteiger partial charge in [-0.15, -0.1) is 18.2 Å². The van der Waals surface area contributed by atoms with E-state index in [9.17, 15) is 18.0 Å². The van der Waals surface area contributed by atoms with Gasteiger partial charge in [0.15, 0.2) is 0 Å². The summed E-state index contributed by atoms with van der Waals surface area (Å²) in [5.41, 5.74) is 0.0160. The van der Waals surface area contributed by atoms with E-state index in [0.29, 0.717) is 6.54 Å². The Balaban J connectivity index is 2.01. The zero-order valence-corrected chi connectivity index (χ0v) is 13.0. The van der Waals surface area contributed by atoms with Crippen molar-refractivity contribution in [3.8, 4) is 5.75 Å². The normalized spacial score (nSPS) is 19.1. The van der Waals surface area contributed by atoms with Gasteiger partial charge in [-0.05, 0) is 45.1 Å². The molecule has 8 heteroatoms. The Hall–Kier alpha value is -1.80. The lowest BCUT2D eigenvalue weighted by molar-refractivity contribution is -0.274. The molecule has 1 aliphatic rings.